The van der Waals surface area contributed by atoms with E-state index in [2.05, 4.69) is 6.92 Å². The first-order valence-electron chi connectivity index (χ1n) is 8.51. The molecule has 5 heteroatoms. The molecule has 0 spiro atoms. The predicted octanol–water partition coefficient (Wildman–Crippen LogP) is 5.18. The first-order chi connectivity index (χ1) is 11.4. The van der Waals surface area contributed by atoms with Crippen LogP contribution in [0.15, 0.2) is 42.0 Å². The maximum atomic E-state index is 12.9. The maximum Gasteiger partial charge on any atom is 0.306 e. The van der Waals surface area contributed by atoms with E-state index in [9.17, 15) is 9.36 Å². The van der Waals surface area contributed by atoms with Crippen molar-refractivity contribution in [3.63, 3.8) is 0 Å². The molecule has 0 radical (unpaired) electrons. The fourth-order valence-electron chi connectivity index (χ4n) is 1.98. The van der Waals surface area contributed by atoms with Crippen LogP contribution in [0.3, 0.4) is 0 Å². The molecule has 1 atom stereocenters. The highest BCUT2D eigenvalue weighted by Gasteiger charge is 2.23. The largest absolute Gasteiger partial charge is 0.461 e. The van der Waals surface area contributed by atoms with Gasteiger partial charge in [-0.25, -0.2) is 0 Å². The highest BCUT2D eigenvalue weighted by Crippen LogP contribution is 2.48. The van der Waals surface area contributed by atoms with Gasteiger partial charge in [0.25, 0.3) is 0 Å². The molecular weight excluding hydrogens is 323 g/mol. The number of benzene rings is 1. The lowest BCUT2D eigenvalue weighted by atomic mass is 10.2. The summed E-state index contributed by atoms with van der Waals surface area (Å²) < 4.78 is 23.8. The third-order valence-electron chi connectivity index (χ3n) is 3.50. The summed E-state index contributed by atoms with van der Waals surface area (Å²) in [5.74, 6) is -0.338. The number of ether oxygens (including phenoxy) is 1. The minimum atomic E-state index is -2.83. The van der Waals surface area contributed by atoms with Crippen LogP contribution in [0.1, 0.15) is 45.6 Å². The zero-order valence-corrected chi connectivity index (χ0v) is 15.9. The first-order valence-corrected chi connectivity index (χ1v) is 10.5. The summed E-state index contributed by atoms with van der Waals surface area (Å²) in [4.78, 5) is 11.9. The Bertz CT molecular complexity index is 562. The van der Waals surface area contributed by atoms with Gasteiger partial charge in [-0.3, -0.25) is 9.36 Å². The van der Waals surface area contributed by atoms with Gasteiger partial charge in [0.1, 0.15) is 6.61 Å². The lowest BCUT2D eigenvalue weighted by molar-refractivity contribution is -0.144. The molecule has 4 nitrogen and oxygen atoms in total. The Labute approximate surface area is 145 Å². The molecule has 0 amide bonds. The Morgan fingerprint density at radius 1 is 1.21 bits per heavy atom. The van der Waals surface area contributed by atoms with Gasteiger partial charge in [0.2, 0.25) is 7.37 Å². The second kappa shape index (κ2) is 11.2. The molecule has 24 heavy (non-hydrogen) atoms. The summed E-state index contributed by atoms with van der Waals surface area (Å²) in [6.07, 6.45) is 4.51. The second-order valence-electron chi connectivity index (χ2n) is 6.09. The van der Waals surface area contributed by atoms with Crippen molar-refractivity contribution >= 4 is 13.3 Å². The minimum Gasteiger partial charge on any atom is -0.461 e. The molecule has 0 aromatic heterocycles. The zero-order valence-electron chi connectivity index (χ0n) is 15.0. The molecule has 0 N–H and O–H groups in total. The van der Waals surface area contributed by atoms with Crippen molar-refractivity contribution in [1.82, 2.24) is 0 Å². The smallest absolute Gasteiger partial charge is 0.306 e. The number of rotatable bonds is 11. The molecule has 0 saturated heterocycles. The number of hydrogen-bond acceptors (Lipinski definition) is 4. The second-order valence-corrected chi connectivity index (χ2v) is 8.78. The van der Waals surface area contributed by atoms with E-state index in [0.717, 1.165) is 24.0 Å². The fraction of sp³-hybridized carbons (Fsp3) is 0.526. The summed E-state index contributed by atoms with van der Waals surface area (Å²) in [6, 6.07) is 9.52. The topological polar surface area (TPSA) is 52.6 Å². The number of unbranched alkanes of at least 4 members (excludes halogenated alkanes) is 1. The standard InChI is InChI=1S/C19H29O4P/c1-4-5-13-23-24(21,14-11-17(2)3)15-12-19(20)22-16-18-9-7-6-8-10-18/h6-11H,4-5,12-16H2,1-3H3. The van der Waals surface area contributed by atoms with Crippen molar-refractivity contribution in [2.75, 3.05) is 18.9 Å². The van der Waals surface area contributed by atoms with Gasteiger partial charge in [-0.1, -0.05) is 55.3 Å². The third kappa shape index (κ3) is 9.05. The average Bonchev–Trinajstić information content (AvgIpc) is 2.58. The van der Waals surface area contributed by atoms with E-state index in [1.54, 1.807) is 0 Å². The van der Waals surface area contributed by atoms with E-state index in [0.29, 0.717) is 12.8 Å². The molecule has 1 unspecified atom stereocenters. The summed E-state index contributed by atoms with van der Waals surface area (Å²) in [5, 5.41) is 0. The minimum absolute atomic E-state index is 0.118. The highest BCUT2D eigenvalue weighted by atomic mass is 31.2. The Morgan fingerprint density at radius 3 is 2.54 bits per heavy atom. The number of esters is 1. The molecule has 134 valence electrons. The van der Waals surface area contributed by atoms with E-state index in [1.807, 2.05) is 50.3 Å². The van der Waals surface area contributed by atoms with E-state index in [4.69, 9.17) is 9.26 Å². The van der Waals surface area contributed by atoms with Crippen LogP contribution in [-0.2, 0) is 25.2 Å². The summed E-state index contributed by atoms with van der Waals surface area (Å²) >= 11 is 0. The quantitative estimate of drug-likeness (QED) is 0.238. The monoisotopic (exact) mass is 352 g/mol. The summed E-state index contributed by atoms with van der Waals surface area (Å²) in [6.45, 7) is 6.71. The Morgan fingerprint density at radius 2 is 1.92 bits per heavy atom. The van der Waals surface area contributed by atoms with Crippen LogP contribution in [0.4, 0.5) is 0 Å². The van der Waals surface area contributed by atoms with Crippen molar-refractivity contribution in [2.24, 2.45) is 0 Å². The van der Waals surface area contributed by atoms with Crippen molar-refractivity contribution < 1.29 is 18.6 Å². The fourth-order valence-corrected chi connectivity index (χ4v) is 4.02. The molecule has 0 fully saturated rings. The van der Waals surface area contributed by atoms with Crippen LogP contribution in [-0.4, -0.2) is 24.9 Å². The molecule has 1 rings (SSSR count). The third-order valence-corrected chi connectivity index (χ3v) is 5.80. The van der Waals surface area contributed by atoms with Gasteiger partial charge in [-0.15, -0.1) is 0 Å². The van der Waals surface area contributed by atoms with E-state index >= 15 is 0 Å². The van der Waals surface area contributed by atoms with Gasteiger partial charge < -0.3 is 9.26 Å². The maximum absolute atomic E-state index is 12.9. The molecule has 0 aliphatic rings. The number of allylic oxidation sites excluding steroid dienone is 2. The zero-order chi connectivity index (χ0) is 17.8. The molecule has 1 aromatic rings. The van der Waals surface area contributed by atoms with Crippen molar-refractivity contribution in [2.45, 2.75) is 46.6 Å². The van der Waals surface area contributed by atoms with Crippen LogP contribution in [0.2, 0.25) is 0 Å². The van der Waals surface area contributed by atoms with Gasteiger partial charge in [-0.2, -0.15) is 0 Å². The Balaban J connectivity index is 2.48. The first kappa shape index (κ1) is 20.7. The van der Waals surface area contributed by atoms with Crippen LogP contribution in [0.25, 0.3) is 0 Å². The summed E-state index contributed by atoms with van der Waals surface area (Å²) in [7, 11) is -2.83. The van der Waals surface area contributed by atoms with Crippen LogP contribution >= 0.6 is 7.37 Å². The molecule has 0 bridgehead atoms. The Kier molecular flexibility index (Phi) is 9.66. The van der Waals surface area contributed by atoms with Gasteiger partial charge in [0, 0.05) is 12.3 Å². The lowest BCUT2D eigenvalue weighted by Gasteiger charge is -2.17. The van der Waals surface area contributed by atoms with E-state index in [1.165, 1.54) is 0 Å². The Hall–Kier alpha value is -1.38. The number of carbonyl (C=O) groups excluding carboxylic acids is 1. The van der Waals surface area contributed by atoms with E-state index in [-0.39, 0.29) is 25.2 Å². The van der Waals surface area contributed by atoms with Crippen molar-refractivity contribution in [1.29, 1.82) is 0 Å². The molecule has 1 aromatic carbocycles. The van der Waals surface area contributed by atoms with Crippen LogP contribution < -0.4 is 0 Å². The van der Waals surface area contributed by atoms with E-state index < -0.39 is 7.37 Å². The van der Waals surface area contributed by atoms with Gasteiger partial charge in [0.15, 0.2) is 0 Å². The van der Waals surface area contributed by atoms with Gasteiger partial charge in [0.05, 0.1) is 13.0 Å². The molecule has 0 saturated carbocycles. The molecule has 0 aliphatic carbocycles. The van der Waals surface area contributed by atoms with Crippen molar-refractivity contribution in [3.05, 3.63) is 47.5 Å². The van der Waals surface area contributed by atoms with Crippen LogP contribution in [0.5, 0.6) is 0 Å². The van der Waals surface area contributed by atoms with Crippen LogP contribution in [0, 0.1) is 0 Å². The molecule has 0 aliphatic heterocycles. The average molecular weight is 352 g/mol. The normalized spacial score (nSPS) is 13.1. The molecule has 0 heterocycles. The SMILES string of the molecule is CCCCOP(=O)(CC=C(C)C)CCC(=O)OCc1ccccc1. The lowest BCUT2D eigenvalue weighted by Crippen LogP contribution is -2.09. The number of carbonyl (C=O) groups is 1. The van der Waals surface area contributed by atoms with Gasteiger partial charge in [-0.05, 0) is 25.8 Å². The van der Waals surface area contributed by atoms with Gasteiger partial charge >= 0.3 is 5.97 Å². The number of hydrogen-bond donors (Lipinski definition) is 0. The molecular formula is C19H29O4P. The van der Waals surface area contributed by atoms with Crippen molar-refractivity contribution in [3.8, 4) is 0 Å². The highest BCUT2D eigenvalue weighted by molar-refractivity contribution is 7.59. The predicted molar refractivity (Wildman–Crippen MR) is 98.5 cm³/mol. The summed E-state index contributed by atoms with van der Waals surface area (Å²) in [5.41, 5.74) is 2.04.